The van der Waals surface area contributed by atoms with Gasteiger partial charge in [-0.25, -0.2) is 0 Å². The highest BCUT2D eigenvalue weighted by atomic mass is 28.4. The van der Waals surface area contributed by atoms with E-state index in [2.05, 4.69) is 33.9 Å². The molecule has 2 rings (SSSR count). The average molecular weight is 254 g/mol. The van der Waals surface area contributed by atoms with E-state index < -0.39 is 8.32 Å². The van der Waals surface area contributed by atoms with Crippen LogP contribution in [-0.4, -0.2) is 14.4 Å². The first-order valence-corrected chi connectivity index (χ1v) is 10.4. The fourth-order valence-corrected chi connectivity index (χ4v) is 4.26. The lowest BCUT2D eigenvalue weighted by atomic mass is 9.84. The molecule has 100 valence electrons. The molecule has 0 heterocycles. The van der Waals surface area contributed by atoms with Gasteiger partial charge in [-0.3, -0.25) is 0 Å². The molecule has 2 fully saturated rings. The molecule has 0 aromatic heterocycles. The standard InChI is InChI=1S/C15H30OSi/c1-15(2,3)17(4,5)16-14-10-8-13(9-11-14)12-6-7-12/h12-14H,6-11H2,1-5H3. The molecule has 0 atom stereocenters. The molecule has 0 amide bonds. The number of hydrogen-bond acceptors (Lipinski definition) is 1. The third kappa shape index (κ3) is 3.34. The van der Waals surface area contributed by atoms with Crippen molar-refractivity contribution in [2.24, 2.45) is 11.8 Å². The summed E-state index contributed by atoms with van der Waals surface area (Å²) in [6, 6.07) is 0. The smallest absolute Gasteiger partial charge is 0.192 e. The van der Waals surface area contributed by atoms with Crippen LogP contribution in [0.25, 0.3) is 0 Å². The first-order chi connectivity index (χ1) is 7.79. The molecule has 0 aromatic carbocycles. The Labute approximate surface area is 108 Å². The van der Waals surface area contributed by atoms with Crippen molar-refractivity contribution in [1.29, 1.82) is 0 Å². The first kappa shape index (κ1) is 13.6. The second-order valence-electron chi connectivity index (χ2n) is 7.75. The summed E-state index contributed by atoms with van der Waals surface area (Å²) in [7, 11) is -1.53. The maximum absolute atomic E-state index is 6.53. The molecule has 1 nitrogen and oxygen atoms in total. The average Bonchev–Trinajstić information content (AvgIpc) is 3.00. The molecule has 2 heteroatoms. The Bertz CT molecular complexity index is 255. The SMILES string of the molecule is CC(C)(C)[Si](C)(C)OC1CCC(C2CC2)CC1. The van der Waals surface area contributed by atoms with Crippen LogP contribution >= 0.6 is 0 Å². The van der Waals surface area contributed by atoms with Gasteiger partial charge in [-0.05, 0) is 68.5 Å². The largest absolute Gasteiger partial charge is 0.414 e. The van der Waals surface area contributed by atoms with E-state index in [1.54, 1.807) is 0 Å². The van der Waals surface area contributed by atoms with E-state index in [-0.39, 0.29) is 0 Å². The summed E-state index contributed by atoms with van der Waals surface area (Å²) in [6.45, 7) is 11.8. The van der Waals surface area contributed by atoms with Crippen LogP contribution in [0.2, 0.25) is 18.1 Å². The fourth-order valence-electron chi connectivity index (χ4n) is 2.84. The molecule has 2 aliphatic carbocycles. The number of hydrogen-bond donors (Lipinski definition) is 0. The summed E-state index contributed by atoms with van der Waals surface area (Å²) in [5.74, 6) is 2.15. The summed E-state index contributed by atoms with van der Waals surface area (Å²) in [6.07, 6.45) is 9.12. The first-order valence-electron chi connectivity index (χ1n) is 7.47. The normalized spacial score (nSPS) is 31.6. The summed E-state index contributed by atoms with van der Waals surface area (Å²) >= 11 is 0. The van der Waals surface area contributed by atoms with Gasteiger partial charge in [0.25, 0.3) is 0 Å². The van der Waals surface area contributed by atoms with E-state index in [1.165, 1.54) is 38.5 Å². The van der Waals surface area contributed by atoms with Crippen LogP contribution in [0.3, 0.4) is 0 Å². The highest BCUT2D eigenvalue weighted by molar-refractivity contribution is 6.74. The minimum atomic E-state index is -1.53. The highest BCUT2D eigenvalue weighted by Crippen LogP contribution is 2.45. The molecular weight excluding hydrogens is 224 g/mol. The van der Waals surface area contributed by atoms with E-state index in [1.807, 2.05) is 0 Å². The molecule has 0 radical (unpaired) electrons. The maximum Gasteiger partial charge on any atom is 0.192 e. The van der Waals surface area contributed by atoms with Crippen LogP contribution in [0.4, 0.5) is 0 Å². The van der Waals surface area contributed by atoms with Crippen LogP contribution in [0.5, 0.6) is 0 Å². The molecule has 0 aromatic rings. The molecule has 2 aliphatic rings. The minimum Gasteiger partial charge on any atom is -0.414 e. The second-order valence-corrected chi connectivity index (χ2v) is 12.5. The van der Waals surface area contributed by atoms with Crippen LogP contribution in [0.1, 0.15) is 59.3 Å². The lowest BCUT2D eigenvalue weighted by Gasteiger charge is -2.41. The third-order valence-corrected chi connectivity index (χ3v) is 9.81. The Morgan fingerprint density at radius 1 is 0.824 bits per heavy atom. The van der Waals surface area contributed by atoms with Crippen molar-refractivity contribution in [3.63, 3.8) is 0 Å². The summed E-state index contributed by atoms with van der Waals surface area (Å²) in [5.41, 5.74) is 0. The van der Waals surface area contributed by atoms with Gasteiger partial charge >= 0.3 is 0 Å². The molecule has 0 spiro atoms. The highest BCUT2D eigenvalue weighted by Gasteiger charge is 2.41. The van der Waals surface area contributed by atoms with E-state index in [4.69, 9.17) is 4.43 Å². The predicted molar refractivity (Wildman–Crippen MR) is 76.8 cm³/mol. The molecule has 17 heavy (non-hydrogen) atoms. The van der Waals surface area contributed by atoms with Crippen molar-refractivity contribution in [2.75, 3.05) is 0 Å². The van der Waals surface area contributed by atoms with E-state index in [9.17, 15) is 0 Å². The Morgan fingerprint density at radius 2 is 1.24 bits per heavy atom. The van der Waals surface area contributed by atoms with Gasteiger partial charge in [0.15, 0.2) is 8.32 Å². The molecule has 0 bridgehead atoms. The molecular formula is C15H30OSi. The maximum atomic E-state index is 6.53. The van der Waals surface area contributed by atoms with Crippen LogP contribution < -0.4 is 0 Å². The van der Waals surface area contributed by atoms with E-state index in [0.29, 0.717) is 11.1 Å². The Morgan fingerprint density at radius 3 is 1.59 bits per heavy atom. The Balaban J connectivity index is 1.80. The predicted octanol–water partition coefficient (Wildman–Crippen LogP) is 4.98. The van der Waals surface area contributed by atoms with Gasteiger partial charge in [0.2, 0.25) is 0 Å². The van der Waals surface area contributed by atoms with E-state index in [0.717, 1.165) is 11.8 Å². The quantitative estimate of drug-likeness (QED) is 0.646. The zero-order chi connectivity index (χ0) is 12.7. The van der Waals surface area contributed by atoms with Gasteiger partial charge in [-0.2, -0.15) is 0 Å². The van der Waals surface area contributed by atoms with Crippen molar-refractivity contribution in [3.8, 4) is 0 Å². The van der Waals surface area contributed by atoms with Crippen molar-refractivity contribution < 1.29 is 4.43 Å². The van der Waals surface area contributed by atoms with Crippen molar-refractivity contribution in [3.05, 3.63) is 0 Å². The Kier molecular flexibility index (Phi) is 3.76. The fraction of sp³-hybridized carbons (Fsp3) is 1.00. The molecule has 0 saturated heterocycles. The lowest BCUT2D eigenvalue weighted by molar-refractivity contribution is 0.111. The molecule has 0 aliphatic heterocycles. The molecule has 2 saturated carbocycles. The number of rotatable bonds is 3. The van der Waals surface area contributed by atoms with Crippen LogP contribution in [0, 0.1) is 11.8 Å². The topological polar surface area (TPSA) is 9.23 Å². The molecule has 0 N–H and O–H groups in total. The Hall–Kier alpha value is 0.177. The van der Waals surface area contributed by atoms with Gasteiger partial charge in [-0.1, -0.05) is 20.8 Å². The van der Waals surface area contributed by atoms with Crippen molar-refractivity contribution in [2.45, 2.75) is 83.5 Å². The lowest BCUT2D eigenvalue weighted by Crippen LogP contribution is -2.44. The van der Waals surface area contributed by atoms with Crippen molar-refractivity contribution >= 4 is 8.32 Å². The monoisotopic (exact) mass is 254 g/mol. The van der Waals surface area contributed by atoms with Gasteiger partial charge in [-0.15, -0.1) is 0 Å². The zero-order valence-corrected chi connectivity index (χ0v) is 13.4. The van der Waals surface area contributed by atoms with E-state index >= 15 is 0 Å². The third-order valence-electron chi connectivity index (χ3n) is 5.28. The summed E-state index contributed by atoms with van der Waals surface area (Å²) in [5, 5.41) is 0.361. The summed E-state index contributed by atoms with van der Waals surface area (Å²) in [4.78, 5) is 0. The van der Waals surface area contributed by atoms with Gasteiger partial charge in [0.1, 0.15) is 0 Å². The zero-order valence-electron chi connectivity index (χ0n) is 12.4. The molecule has 0 unspecified atom stereocenters. The van der Waals surface area contributed by atoms with Gasteiger partial charge in [0, 0.05) is 6.10 Å². The van der Waals surface area contributed by atoms with Gasteiger partial charge < -0.3 is 4.43 Å². The minimum absolute atomic E-state index is 0.361. The van der Waals surface area contributed by atoms with Gasteiger partial charge in [0.05, 0.1) is 0 Å². The van der Waals surface area contributed by atoms with Crippen molar-refractivity contribution in [1.82, 2.24) is 0 Å². The van der Waals surface area contributed by atoms with Crippen LogP contribution in [-0.2, 0) is 4.43 Å². The second kappa shape index (κ2) is 4.69. The van der Waals surface area contributed by atoms with Crippen LogP contribution in [0.15, 0.2) is 0 Å². The summed E-state index contributed by atoms with van der Waals surface area (Å²) < 4.78 is 6.53.